The second-order valence-electron chi connectivity index (χ2n) is 8.79. The summed E-state index contributed by atoms with van der Waals surface area (Å²) in [5.41, 5.74) is 4.03. The van der Waals surface area contributed by atoms with Crippen LogP contribution in [-0.4, -0.2) is 42.6 Å². The van der Waals surface area contributed by atoms with Crippen LogP contribution >= 0.6 is 11.3 Å². The Morgan fingerprint density at radius 2 is 2.06 bits per heavy atom. The number of amides is 1. The number of hydrogen-bond donors (Lipinski definition) is 0. The molecule has 0 saturated carbocycles. The fourth-order valence-corrected chi connectivity index (χ4v) is 6.40. The van der Waals surface area contributed by atoms with Crippen molar-refractivity contribution in [2.24, 2.45) is 0 Å². The monoisotopic (exact) mass is 441 g/mol. The summed E-state index contributed by atoms with van der Waals surface area (Å²) in [6.07, 6.45) is 5.64. The summed E-state index contributed by atoms with van der Waals surface area (Å²) >= 11 is 1.87. The van der Waals surface area contributed by atoms with E-state index in [9.17, 15) is 9.18 Å². The number of fused-ring (bicyclic) bond motifs is 2. The number of carbonyl (C=O) groups is 1. The Kier molecular flexibility index (Phi) is 5.56. The number of rotatable bonds is 4. The predicted molar refractivity (Wildman–Crippen MR) is 121 cm³/mol. The van der Waals surface area contributed by atoms with E-state index in [-0.39, 0.29) is 11.7 Å². The van der Waals surface area contributed by atoms with Crippen LogP contribution in [0.2, 0.25) is 0 Å². The minimum absolute atomic E-state index is 0.235. The highest BCUT2D eigenvalue weighted by Crippen LogP contribution is 2.39. The number of likely N-dealkylation sites (tertiary alicyclic amines) is 1. The summed E-state index contributed by atoms with van der Waals surface area (Å²) < 4.78 is 18.8. The molecule has 2 aromatic heterocycles. The number of halogens is 1. The van der Waals surface area contributed by atoms with E-state index in [0.717, 1.165) is 62.8 Å². The molecule has 1 saturated heterocycles. The zero-order chi connectivity index (χ0) is 21.5. The summed E-state index contributed by atoms with van der Waals surface area (Å²) in [5.74, 6) is 0.295. The summed E-state index contributed by atoms with van der Waals surface area (Å²) in [6.45, 7) is 5.22. The van der Waals surface area contributed by atoms with Gasteiger partial charge in [-0.2, -0.15) is 0 Å². The van der Waals surface area contributed by atoms with Gasteiger partial charge in [0.2, 0.25) is 5.91 Å². The van der Waals surface area contributed by atoms with E-state index >= 15 is 0 Å². The van der Waals surface area contributed by atoms with Crippen molar-refractivity contribution in [1.82, 2.24) is 10.1 Å². The fourth-order valence-electron chi connectivity index (χ4n) is 5.10. The van der Waals surface area contributed by atoms with Gasteiger partial charge in [0, 0.05) is 47.1 Å². The van der Waals surface area contributed by atoms with E-state index in [0.29, 0.717) is 17.9 Å². The van der Waals surface area contributed by atoms with Crippen molar-refractivity contribution >= 4 is 33.9 Å². The average molecular weight is 442 g/mol. The van der Waals surface area contributed by atoms with Gasteiger partial charge < -0.3 is 14.3 Å². The maximum atomic E-state index is 13.4. The first-order valence-corrected chi connectivity index (χ1v) is 12.0. The Morgan fingerprint density at radius 3 is 2.87 bits per heavy atom. The molecule has 0 bridgehead atoms. The molecule has 5 rings (SSSR count). The first-order chi connectivity index (χ1) is 15.0. The SMILES string of the molecule is Cc1sc2c(c1CCN1CCC(c3noc4cc(F)ccc34)CC1)N(C)C(=O)CCC2. The lowest BCUT2D eigenvalue weighted by atomic mass is 9.91. The van der Waals surface area contributed by atoms with Gasteiger partial charge in [-0.3, -0.25) is 4.79 Å². The molecule has 5 nitrogen and oxygen atoms in total. The molecule has 0 N–H and O–H groups in total. The van der Waals surface area contributed by atoms with Crippen LogP contribution in [0.1, 0.15) is 52.6 Å². The van der Waals surface area contributed by atoms with Crippen LogP contribution < -0.4 is 4.90 Å². The Hall–Kier alpha value is -2.25. The van der Waals surface area contributed by atoms with Crippen molar-refractivity contribution < 1.29 is 13.7 Å². The van der Waals surface area contributed by atoms with Gasteiger partial charge in [-0.25, -0.2) is 4.39 Å². The topological polar surface area (TPSA) is 49.6 Å². The number of piperidine rings is 1. The molecule has 1 fully saturated rings. The molecule has 3 aromatic rings. The second kappa shape index (κ2) is 8.36. The van der Waals surface area contributed by atoms with E-state index in [1.165, 1.54) is 33.1 Å². The normalized spacial score (nSPS) is 18.5. The summed E-state index contributed by atoms with van der Waals surface area (Å²) in [4.78, 5) is 19.5. The predicted octanol–water partition coefficient (Wildman–Crippen LogP) is 5.06. The standard InChI is InChI=1S/C24H28FN3O2S/c1-15-18(24-21(31-15)4-3-5-22(29)27(24)2)10-13-28-11-8-16(9-12-28)23-19-7-6-17(25)14-20(19)30-26-23/h6-7,14,16H,3-5,8-13H2,1-2H3. The quantitative estimate of drug-likeness (QED) is 0.568. The third-order valence-corrected chi connectivity index (χ3v) is 8.07. The highest BCUT2D eigenvalue weighted by Gasteiger charge is 2.28. The van der Waals surface area contributed by atoms with Crippen molar-refractivity contribution in [3.05, 3.63) is 45.0 Å². The zero-order valence-electron chi connectivity index (χ0n) is 18.1. The molecular formula is C24H28FN3O2S. The summed E-state index contributed by atoms with van der Waals surface area (Å²) in [7, 11) is 1.93. The molecule has 0 atom stereocenters. The summed E-state index contributed by atoms with van der Waals surface area (Å²) in [6, 6.07) is 4.67. The highest BCUT2D eigenvalue weighted by molar-refractivity contribution is 7.12. The largest absolute Gasteiger partial charge is 0.356 e. The molecule has 164 valence electrons. The van der Waals surface area contributed by atoms with Crippen LogP contribution in [0.5, 0.6) is 0 Å². The lowest BCUT2D eigenvalue weighted by Crippen LogP contribution is -2.35. The minimum atomic E-state index is -0.293. The number of hydrogen-bond acceptors (Lipinski definition) is 5. The van der Waals surface area contributed by atoms with Crippen LogP contribution in [-0.2, 0) is 17.6 Å². The molecule has 31 heavy (non-hydrogen) atoms. The maximum Gasteiger partial charge on any atom is 0.226 e. The van der Waals surface area contributed by atoms with Crippen LogP contribution in [0.25, 0.3) is 11.0 Å². The molecule has 1 aromatic carbocycles. The van der Waals surface area contributed by atoms with Crippen LogP contribution in [0, 0.1) is 12.7 Å². The second-order valence-corrected chi connectivity index (χ2v) is 10.1. The number of carbonyl (C=O) groups excluding carboxylic acids is 1. The van der Waals surface area contributed by atoms with Crippen molar-refractivity contribution in [3.63, 3.8) is 0 Å². The van der Waals surface area contributed by atoms with E-state index in [2.05, 4.69) is 17.0 Å². The van der Waals surface area contributed by atoms with E-state index in [1.54, 1.807) is 6.07 Å². The molecule has 0 unspecified atom stereocenters. The van der Waals surface area contributed by atoms with Gasteiger partial charge in [-0.1, -0.05) is 5.16 Å². The molecule has 2 aliphatic rings. The number of benzene rings is 1. The van der Waals surface area contributed by atoms with Gasteiger partial charge in [-0.15, -0.1) is 11.3 Å². The third-order valence-electron chi connectivity index (χ3n) is 6.87. The van der Waals surface area contributed by atoms with Crippen molar-refractivity contribution in [1.29, 1.82) is 0 Å². The number of aryl methyl sites for hydroxylation is 2. The van der Waals surface area contributed by atoms with Gasteiger partial charge >= 0.3 is 0 Å². The molecule has 2 aliphatic heterocycles. The van der Waals surface area contributed by atoms with Crippen LogP contribution in [0.4, 0.5) is 10.1 Å². The number of thiophene rings is 1. The first-order valence-electron chi connectivity index (χ1n) is 11.2. The smallest absolute Gasteiger partial charge is 0.226 e. The number of anilines is 1. The van der Waals surface area contributed by atoms with E-state index in [1.807, 2.05) is 23.3 Å². The number of nitrogens with zero attached hydrogens (tertiary/aromatic N) is 3. The van der Waals surface area contributed by atoms with Gasteiger partial charge in [-0.05, 0) is 69.8 Å². The molecule has 0 spiro atoms. The van der Waals surface area contributed by atoms with Crippen molar-refractivity contribution in [2.45, 2.75) is 51.4 Å². The third kappa shape index (κ3) is 3.89. The maximum absolute atomic E-state index is 13.4. The first kappa shape index (κ1) is 20.6. The highest BCUT2D eigenvalue weighted by atomic mass is 32.1. The Morgan fingerprint density at radius 1 is 1.26 bits per heavy atom. The molecule has 4 heterocycles. The Labute approximate surface area is 185 Å². The zero-order valence-corrected chi connectivity index (χ0v) is 18.9. The molecule has 0 radical (unpaired) electrons. The van der Waals surface area contributed by atoms with Crippen molar-refractivity contribution in [3.8, 4) is 0 Å². The molecule has 1 amide bonds. The number of aromatic nitrogens is 1. The van der Waals surface area contributed by atoms with Crippen LogP contribution in [0.3, 0.4) is 0 Å². The average Bonchev–Trinajstić information content (AvgIpc) is 3.28. The Balaban J connectivity index is 1.24. The Bertz CT molecular complexity index is 1110. The van der Waals surface area contributed by atoms with Crippen LogP contribution in [0.15, 0.2) is 22.7 Å². The van der Waals surface area contributed by atoms with Gasteiger partial charge in [0.1, 0.15) is 5.82 Å². The van der Waals surface area contributed by atoms with E-state index in [4.69, 9.17) is 4.52 Å². The fraction of sp³-hybridized carbons (Fsp3) is 0.500. The van der Waals surface area contributed by atoms with Gasteiger partial charge in [0.25, 0.3) is 0 Å². The van der Waals surface area contributed by atoms with Gasteiger partial charge in [0.05, 0.1) is 11.4 Å². The summed E-state index contributed by atoms with van der Waals surface area (Å²) in [5, 5.41) is 5.19. The lowest BCUT2D eigenvalue weighted by Gasteiger charge is -2.31. The molecular weight excluding hydrogens is 413 g/mol. The molecule has 0 aliphatic carbocycles. The van der Waals surface area contributed by atoms with E-state index < -0.39 is 0 Å². The minimum Gasteiger partial charge on any atom is -0.356 e. The molecule has 7 heteroatoms. The lowest BCUT2D eigenvalue weighted by molar-refractivity contribution is -0.118. The van der Waals surface area contributed by atoms with Crippen molar-refractivity contribution in [2.75, 3.05) is 31.6 Å². The van der Waals surface area contributed by atoms with Gasteiger partial charge in [0.15, 0.2) is 5.58 Å².